The van der Waals surface area contributed by atoms with E-state index in [1.807, 2.05) is 36.4 Å². The topological polar surface area (TPSA) is 87.9 Å². The Bertz CT molecular complexity index is 1530. The first kappa shape index (κ1) is 21.7. The summed E-state index contributed by atoms with van der Waals surface area (Å²) in [6.45, 7) is 9.95. The van der Waals surface area contributed by atoms with Gasteiger partial charge in [-0.25, -0.2) is 11.6 Å². The smallest absolute Gasteiger partial charge is 0.326 e. The Morgan fingerprint density at radius 1 is 1.29 bits per heavy atom. The van der Waals surface area contributed by atoms with Crippen LogP contribution in [0.4, 0.5) is 0 Å². The Morgan fingerprint density at radius 3 is 2.88 bits per heavy atom. The van der Waals surface area contributed by atoms with Crippen molar-refractivity contribution in [1.82, 2.24) is 9.55 Å². The van der Waals surface area contributed by atoms with Gasteiger partial charge in [0.2, 0.25) is 0 Å². The fourth-order valence-electron chi connectivity index (χ4n) is 4.86. The summed E-state index contributed by atoms with van der Waals surface area (Å²) in [6, 6.07) is 11.4. The van der Waals surface area contributed by atoms with E-state index in [1.54, 1.807) is 14.0 Å². The molecule has 0 amide bonds. The lowest BCUT2D eigenvalue weighted by Gasteiger charge is -2.28. The lowest BCUT2D eigenvalue weighted by Crippen LogP contribution is -2.38. The normalized spacial score (nSPS) is 17.3. The largest absolute Gasteiger partial charge is 0.493 e. The number of carbonyl (C=O) groups excluding carboxylic acids is 1. The molecular formula is C26H23N3O5. The fourth-order valence-corrected chi connectivity index (χ4v) is 4.86. The number of furan rings is 1. The summed E-state index contributed by atoms with van der Waals surface area (Å²) in [6.07, 6.45) is 2.58. The van der Waals surface area contributed by atoms with Crippen molar-refractivity contribution in [3.05, 3.63) is 81.3 Å². The molecule has 5 rings (SSSR count). The Morgan fingerprint density at radius 2 is 2.12 bits per heavy atom. The molecule has 0 bridgehead atoms. The molecule has 1 atom stereocenters. The minimum atomic E-state index is -0.978. The van der Waals surface area contributed by atoms with Gasteiger partial charge in [-0.05, 0) is 31.5 Å². The molecule has 1 aliphatic rings. The first-order valence-electron chi connectivity index (χ1n) is 11.1. The molecule has 0 aliphatic heterocycles. The van der Waals surface area contributed by atoms with Crippen molar-refractivity contribution in [3.63, 3.8) is 0 Å². The summed E-state index contributed by atoms with van der Waals surface area (Å²) in [5, 5.41) is 1.72. The lowest BCUT2D eigenvalue weighted by atomic mass is 9.74. The van der Waals surface area contributed by atoms with E-state index in [0.717, 1.165) is 16.3 Å². The predicted molar refractivity (Wildman–Crippen MR) is 126 cm³/mol. The molecular weight excluding hydrogens is 434 g/mol. The van der Waals surface area contributed by atoms with Crippen LogP contribution in [0.15, 0.2) is 51.9 Å². The summed E-state index contributed by atoms with van der Waals surface area (Å²) < 4.78 is 17.9. The number of aromatic nitrogens is 2. The van der Waals surface area contributed by atoms with E-state index < -0.39 is 11.5 Å². The maximum absolute atomic E-state index is 13.3. The lowest BCUT2D eigenvalue weighted by molar-refractivity contribution is -0.143. The summed E-state index contributed by atoms with van der Waals surface area (Å²) in [7, 11) is 1.58. The number of methoxy groups -OCH3 is 1. The van der Waals surface area contributed by atoms with Gasteiger partial charge >= 0.3 is 5.97 Å². The quantitative estimate of drug-likeness (QED) is 0.332. The molecule has 0 radical (unpaired) electrons. The molecule has 0 saturated heterocycles. The maximum Gasteiger partial charge on any atom is 0.326 e. The van der Waals surface area contributed by atoms with Crippen LogP contribution >= 0.6 is 0 Å². The van der Waals surface area contributed by atoms with E-state index >= 15 is 0 Å². The zero-order chi connectivity index (χ0) is 23.9. The molecule has 1 aliphatic carbocycles. The van der Waals surface area contributed by atoms with Crippen LogP contribution in [0.3, 0.4) is 0 Å². The van der Waals surface area contributed by atoms with Crippen LogP contribution in [0.1, 0.15) is 30.2 Å². The van der Waals surface area contributed by atoms with Gasteiger partial charge in [0.15, 0.2) is 11.3 Å². The monoisotopic (exact) mass is 457 g/mol. The van der Waals surface area contributed by atoms with Crippen molar-refractivity contribution in [1.29, 1.82) is 0 Å². The number of fused-ring (bicyclic) bond motifs is 4. The molecule has 4 aromatic rings. The van der Waals surface area contributed by atoms with Gasteiger partial charge in [-0.3, -0.25) is 14.2 Å². The van der Waals surface area contributed by atoms with E-state index in [0.29, 0.717) is 41.0 Å². The van der Waals surface area contributed by atoms with Crippen molar-refractivity contribution in [3.8, 4) is 5.75 Å². The Kier molecular flexibility index (Phi) is 5.33. The van der Waals surface area contributed by atoms with Gasteiger partial charge < -0.3 is 18.7 Å². The number of carbonyl (C=O) groups is 1. The molecule has 0 fully saturated rings. The van der Waals surface area contributed by atoms with Crippen molar-refractivity contribution in [2.24, 2.45) is 0 Å². The number of rotatable bonds is 5. The minimum absolute atomic E-state index is 0.197. The number of hydrogen-bond acceptors (Lipinski definition) is 6. The van der Waals surface area contributed by atoms with Crippen LogP contribution in [0.25, 0.3) is 26.8 Å². The average molecular weight is 457 g/mol. The van der Waals surface area contributed by atoms with Gasteiger partial charge in [0.1, 0.15) is 12.1 Å². The van der Waals surface area contributed by atoms with E-state index in [2.05, 4.69) is 9.83 Å². The Hall–Kier alpha value is -4.12. The minimum Gasteiger partial charge on any atom is -0.493 e. The Labute approximate surface area is 195 Å². The van der Waals surface area contributed by atoms with Gasteiger partial charge in [-0.1, -0.05) is 18.2 Å². The van der Waals surface area contributed by atoms with Crippen molar-refractivity contribution in [2.45, 2.75) is 38.3 Å². The predicted octanol–water partition coefficient (Wildman–Crippen LogP) is 4.02. The number of ether oxygens (including phenoxy) is 2. The molecule has 0 saturated carbocycles. The molecule has 172 valence electrons. The first-order chi connectivity index (χ1) is 16.5. The van der Waals surface area contributed by atoms with Gasteiger partial charge in [0.25, 0.3) is 11.1 Å². The third kappa shape index (κ3) is 3.32. The average Bonchev–Trinajstić information content (AvgIpc) is 3.25. The summed E-state index contributed by atoms with van der Waals surface area (Å²) in [5.41, 5.74) is 1.94. The fraction of sp³-hybridized carbons (Fsp3) is 0.308. The summed E-state index contributed by atoms with van der Waals surface area (Å²) in [5.74, 6) is 0.0880. The second-order valence-corrected chi connectivity index (χ2v) is 8.35. The highest BCUT2D eigenvalue weighted by atomic mass is 16.5. The molecule has 34 heavy (non-hydrogen) atoms. The molecule has 0 spiro atoms. The number of benzene rings is 2. The third-order valence-electron chi connectivity index (χ3n) is 6.49. The molecule has 2 aromatic heterocycles. The maximum atomic E-state index is 13.3. The summed E-state index contributed by atoms with van der Waals surface area (Å²) in [4.78, 5) is 33.8. The van der Waals surface area contributed by atoms with Crippen LogP contribution in [-0.4, -0.2) is 29.2 Å². The highest BCUT2D eigenvalue weighted by Gasteiger charge is 2.46. The SMILES string of the molecule is [C-]#[N+]C1(c2ccc(OC)c3oc4ccccc4c23)CCc2ncn(CC(=O)OCC)c(=O)c2C1. The van der Waals surface area contributed by atoms with Crippen molar-refractivity contribution >= 4 is 27.9 Å². The molecule has 0 N–H and O–H groups in total. The van der Waals surface area contributed by atoms with Crippen LogP contribution < -0.4 is 10.3 Å². The molecule has 8 nitrogen and oxygen atoms in total. The Balaban J connectivity index is 1.67. The number of aryl methyl sites for hydroxylation is 1. The number of hydrogen-bond donors (Lipinski definition) is 0. The van der Waals surface area contributed by atoms with Crippen molar-refractivity contribution in [2.75, 3.05) is 13.7 Å². The van der Waals surface area contributed by atoms with Crippen LogP contribution in [0.2, 0.25) is 0 Å². The highest BCUT2D eigenvalue weighted by molar-refractivity contribution is 6.09. The van der Waals surface area contributed by atoms with Crippen LogP contribution in [-0.2, 0) is 34.5 Å². The zero-order valence-corrected chi connectivity index (χ0v) is 19.0. The molecule has 2 heterocycles. The number of nitrogens with zero attached hydrogens (tertiary/aromatic N) is 3. The number of para-hydroxylation sites is 1. The standard InChI is InChI=1S/C26H23N3O5/c1-4-33-22(30)14-29-15-28-19-11-12-26(27-2,13-17(19)25(29)31)18-9-10-21(32-3)24-23(18)16-7-5-6-8-20(16)34-24/h5-10,15H,4,11-14H2,1,3H3. The van der Waals surface area contributed by atoms with Gasteiger partial charge in [0, 0.05) is 28.3 Å². The highest BCUT2D eigenvalue weighted by Crippen LogP contribution is 2.46. The van der Waals surface area contributed by atoms with Crippen molar-refractivity contribution < 1.29 is 18.7 Å². The van der Waals surface area contributed by atoms with E-state index in [4.69, 9.17) is 20.5 Å². The zero-order valence-electron chi connectivity index (χ0n) is 19.0. The second kappa shape index (κ2) is 8.34. The molecule has 8 heteroatoms. The van der Waals surface area contributed by atoms with Crippen LogP contribution in [0, 0.1) is 6.57 Å². The van der Waals surface area contributed by atoms with Gasteiger partial charge in [-0.2, -0.15) is 0 Å². The number of esters is 1. The van der Waals surface area contributed by atoms with Gasteiger partial charge in [0.05, 0.1) is 32.2 Å². The van der Waals surface area contributed by atoms with E-state index in [9.17, 15) is 9.59 Å². The van der Waals surface area contributed by atoms with E-state index in [-0.39, 0.29) is 25.1 Å². The molecule has 2 aromatic carbocycles. The first-order valence-corrected chi connectivity index (χ1v) is 11.1. The van der Waals surface area contributed by atoms with Crippen LogP contribution in [0.5, 0.6) is 5.75 Å². The van der Waals surface area contributed by atoms with E-state index in [1.165, 1.54) is 10.9 Å². The summed E-state index contributed by atoms with van der Waals surface area (Å²) >= 11 is 0. The third-order valence-corrected chi connectivity index (χ3v) is 6.49. The van der Waals surface area contributed by atoms with Gasteiger partial charge in [-0.15, -0.1) is 0 Å². The second-order valence-electron chi connectivity index (χ2n) is 8.35. The molecule has 1 unspecified atom stereocenters.